The fourth-order valence-corrected chi connectivity index (χ4v) is 5.00. The normalized spacial score (nSPS) is 11.3. The summed E-state index contributed by atoms with van der Waals surface area (Å²) in [7, 11) is 0. The Morgan fingerprint density at radius 2 is 1.06 bits per heavy atom. The van der Waals surface area contributed by atoms with Gasteiger partial charge in [-0.1, -0.05) is 97.1 Å². The fourth-order valence-electron chi connectivity index (χ4n) is 5.00. The maximum atomic E-state index is 6.03. The number of hydrogen-bond donors (Lipinski definition) is 1. The van der Waals surface area contributed by atoms with Crippen LogP contribution in [0, 0.1) is 0 Å². The number of rotatable bonds is 4. The van der Waals surface area contributed by atoms with E-state index >= 15 is 0 Å². The largest absolute Gasteiger partial charge is 0.456 e. The summed E-state index contributed by atoms with van der Waals surface area (Å²) in [5.41, 5.74) is 8.75. The van der Waals surface area contributed by atoms with Gasteiger partial charge in [-0.05, 0) is 69.4 Å². The van der Waals surface area contributed by atoms with E-state index in [2.05, 4.69) is 108 Å². The zero-order valence-electron chi connectivity index (χ0n) is 19.6. The molecule has 0 unspecified atom stereocenters. The smallest absolute Gasteiger partial charge is 0.137 e. The lowest BCUT2D eigenvalue weighted by molar-refractivity contribution is 0.669. The minimum Gasteiger partial charge on any atom is -0.456 e. The van der Waals surface area contributed by atoms with E-state index in [4.69, 9.17) is 4.42 Å². The van der Waals surface area contributed by atoms with Crippen molar-refractivity contribution < 1.29 is 4.42 Å². The first-order valence-corrected chi connectivity index (χ1v) is 12.2. The van der Waals surface area contributed by atoms with Gasteiger partial charge in [0.1, 0.15) is 11.2 Å². The molecule has 0 radical (unpaired) electrons. The molecule has 0 spiro atoms. The van der Waals surface area contributed by atoms with Gasteiger partial charge >= 0.3 is 0 Å². The third-order valence-electron chi connectivity index (χ3n) is 6.87. The molecule has 36 heavy (non-hydrogen) atoms. The number of nitrogens with one attached hydrogen (secondary N) is 1. The molecule has 0 aliphatic rings. The molecule has 0 amide bonds. The lowest BCUT2D eigenvalue weighted by Gasteiger charge is -2.10. The van der Waals surface area contributed by atoms with Gasteiger partial charge < -0.3 is 9.73 Å². The quantitative estimate of drug-likeness (QED) is 0.282. The Hall–Kier alpha value is -4.82. The monoisotopic (exact) mass is 461 g/mol. The molecule has 0 aliphatic heterocycles. The number of fused-ring (bicyclic) bond motifs is 4. The van der Waals surface area contributed by atoms with Crippen molar-refractivity contribution >= 4 is 44.1 Å². The first-order valence-electron chi connectivity index (χ1n) is 12.2. The highest BCUT2D eigenvalue weighted by Crippen LogP contribution is 2.36. The zero-order chi connectivity index (χ0) is 23.9. The van der Waals surface area contributed by atoms with Gasteiger partial charge in [0.25, 0.3) is 0 Å². The Morgan fingerprint density at radius 1 is 0.444 bits per heavy atom. The van der Waals surface area contributed by atoms with Crippen LogP contribution in [0.15, 0.2) is 138 Å². The van der Waals surface area contributed by atoms with Crippen molar-refractivity contribution in [3.8, 4) is 22.3 Å². The molecule has 1 aromatic heterocycles. The Morgan fingerprint density at radius 3 is 1.86 bits per heavy atom. The summed E-state index contributed by atoms with van der Waals surface area (Å²) in [6, 6.07) is 46.9. The fraction of sp³-hybridized carbons (Fsp3) is 0. The van der Waals surface area contributed by atoms with Crippen molar-refractivity contribution in [1.29, 1.82) is 0 Å². The van der Waals surface area contributed by atoms with Crippen molar-refractivity contribution in [2.24, 2.45) is 0 Å². The third-order valence-corrected chi connectivity index (χ3v) is 6.87. The van der Waals surface area contributed by atoms with Crippen LogP contribution in [-0.4, -0.2) is 0 Å². The second-order valence-corrected chi connectivity index (χ2v) is 9.12. The molecule has 7 rings (SSSR count). The number of hydrogen-bond acceptors (Lipinski definition) is 2. The average molecular weight is 462 g/mol. The summed E-state index contributed by atoms with van der Waals surface area (Å²) in [6.45, 7) is 0. The van der Waals surface area contributed by atoms with Crippen molar-refractivity contribution in [2.45, 2.75) is 0 Å². The van der Waals surface area contributed by atoms with Gasteiger partial charge in [0.05, 0.1) is 11.1 Å². The highest BCUT2D eigenvalue weighted by molar-refractivity contribution is 6.12. The number of benzene rings is 6. The summed E-state index contributed by atoms with van der Waals surface area (Å²) in [4.78, 5) is 0. The van der Waals surface area contributed by atoms with E-state index in [1.807, 2.05) is 30.3 Å². The highest BCUT2D eigenvalue weighted by atomic mass is 16.3. The highest BCUT2D eigenvalue weighted by Gasteiger charge is 2.11. The van der Waals surface area contributed by atoms with Crippen LogP contribution in [0.1, 0.15) is 0 Å². The van der Waals surface area contributed by atoms with E-state index in [1.54, 1.807) is 0 Å². The van der Waals surface area contributed by atoms with E-state index in [-0.39, 0.29) is 0 Å². The van der Waals surface area contributed by atoms with Crippen LogP contribution in [0.2, 0.25) is 0 Å². The van der Waals surface area contributed by atoms with Crippen LogP contribution in [0.25, 0.3) is 55.0 Å². The summed E-state index contributed by atoms with van der Waals surface area (Å²) in [6.07, 6.45) is 0. The minimum absolute atomic E-state index is 0.893. The van der Waals surface area contributed by atoms with Gasteiger partial charge in [-0.2, -0.15) is 0 Å². The first-order chi connectivity index (χ1) is 17.8. The summed E-state index contributed by atoms with van der Waals surface area (Å²) < 4.78 is 6.03. The Labute approximate surface area is 209 Å². The number of para-hydroxylation sites is 1. The van der Waals surface area contributed by atoms with Crippen LogP contribution >= 0.6 is 0 Å². The van der Waals surface area contributed by atoms with Crippen LogP contribution < -0.4 is 5.32 Å². The van der Waals surface area contributed by atoms with Gasteiger partial charge in [-0.3, -0.25) is 0 Å². The SMILES string of the molecule is c1ccc2cc(-c3ccc(-c4ccc(Nc5cccc6oc7ccccc7c56)cc4)cc3)ccc2c1. The predicted molar refractivity (Wildman–Crippen MR) is 152 cm³/mol. The molecule has 7 aromatic rings. The Bertz CT molecular complexity index is 1840. The lowest BCUT2D eigenvalue weighted by atomic mass is 9.98. The molecule has 0 atom stereocenters. The van der Waals surface area contributed by atoms with Crippen LogP contribution in [0.4, 0.5) is 11.4 Å². The molecule has 1 heterocycles. The van der Waals surface area contributed by atoms with E-state index in [0.29, 0.717) is 0 Å². The topological polar surface area (TPSA) is 25.2 Å². The standard InChI is InChI=1S/C34H23NO/c1-2-7-27-22-28(17-16-23(27)6-1)26-14-12-24(13-15-26)25-18-20-29(21-19-25)35-31-9-5-11-33-34(31)30-8-3-4-10-32(30)36-33/h1-22,35H. The molecule has 0 saturated heterocycles. The molecule has 0 aliphatic carbocycles. The minimum atomic E-state index is 0.893. The van der Waals surface area contributed by atoms with E-state index < -0.39 is 0 Å². The maximum absolute atomic E-state index is 6.03. The first kappa shape index (κ1) is 20.5. The van der Waals surface area contributed by atoms with Crippen molar-refractivity contribution in [3.05, 3.63) is 133 Å². The average Bonchev–Trinajstić information content (AvgIpc) is 3.33. The second-order valence-electron chi connectivity index (χ2n) is 9.12. The summed E-state index contributed by atoms with van der Waals surface area (Å²) in [5, 5.41) is 8.36. The predicted octanol–water partition coefficient (Wildman–Crippen LogP) is 9.82. The molecular weight excluding hydrogens is 438 g/mol. The van der Waals surface area contributed by atoms with Crippen LogP contribution in [0.5, 0.6) is 0 Å². The lowest BCUT2D eigenvalue weighted by Crippen LogP contribution is -1.91. The molecule has 1 N–H and O–H groups in total. The van der Waals surface area contributed by atoms with Gasteiger partial charge in [0.2, 0.25) is 0 Å². The Kier molecular flexibility index (Phi) is 4.82. The Balaban J connectivity index is 1.15. The number of furan rings is 1. The molecule has 0 bridgehead atoms. The van der Waals surface area contributed by atoms with Crippen molar-refractivity contribution in [2.75, 3.05) is 5.32 Å². The summed E-state index contributed by atoms with van der Waals surface area (Å²) in [5.74, 6) is 0. The molecule has 2 nitrogen and oxygen atoms in total. The van der Waals surface area contributed by atoms with E-state index in [0.717, 1.165) is 33.3 Å². The van der Waals surface area contributed by atoms with Crippen molar-refractivity contribution in [3.63, 3.8) is 0 Å². The van der Waals surface area contributed by atoms with Crippen molar-refractivity contribution in [1.82, 2.24) is 0 Å². The zero-order valence-corrected chi connectivity index (χ0v) is 19.6. The molecule has 170 valence electrons. The van der Waals surface area contributed by atoms with E-state index in [1.165, 1.54) is 33.0 Å². The molecule has 6 aromatic carbocycles. The second kappa shape index (κ2) is 8.44. The van der Waals surface area contributed by atoms with E-state index in [9.17, 15) is 0 Å². The maximum Gasteiger partial charge on any atom is 0.137 e. The molecule has 2 heteroatoms. The molecule has 0 fully saturated rings. The molecule has 0 saturated carbocycles. The van der Waals surface area contributed by atoms with Gasteiger partial charge in [-0.15, -0.1) is 0 Å². The van der Waals surface area contributed by atoms with Crippen LogP contribution in [0.3, 0.4) is 0 Å². The van der Waals surface area contributed by atoms with Crippen LogP contribution in [-0.2, 0) is 0 Å². The van der Waals surface area contributed by atoms with Gasteiger partial charge in [-0.25, -0.2) is 0 Å². The summed E-state index contributed by atoms with van der Waals surface area (Å²) >= 11 is 0. The van der Waals surface area contributed by atoms with Gasteiger partial charge in [0.15, 0.2) is 0 Å². The van der Waals surface area contributed by atoms with Gasteiger partial charge in [0, 0.05) is 11.1 Å². The third kappa shape index (κ3) is 3.60. The molecular formula is C34H23NO. The number of anilines is 2.